The Balaban J connectivity index is 2.30. The van der Waals surface area contributed by atoms with Crippen LogP contribution in [0.1, 0.15) is 25.3 Å². The highest BCUT2D eigenvalue weighted by atomic mass is 32.2. The van der Waals surface area contributed by atoms with Crippen molar-refractivity contribution in [1.82, 2.24) is 14.4 Å². The van der Waals surface area contributed by atoms with Gasteiger partial charge in [-0.2, -0.15) is 8.42 Å². The highest BCUT2D eigenvalue weighted by Gasteiger charge is 2.27. The number of para-hydroxylation sites is 1. The summed E-state index contributed by atoms with van der Waals surface area (Å²) in [5.41, 5.74) is 0.943. The molecule has 0 bridgehead atoms. The quantitative estimate of drug-likeness (QED) is 0.531. The fourth-order valence-corrected chi connectivity index (χ4v) is 4.06. The number of hydrogen-bond acceptors (Lipinski definition) is 6. The fraction of sp³-hybridized carbons (Fsp3) is 0.200. The number of nitrogens with zero attached hydrogens (tertiary/aromatic N) is 4. The second kappa shape index (κ2) is 5.68. The largest absolute Gasteiger partial charge is 0.285 e. The van der Waals surface area contributed by atoms with Gasteiger partial charge >= 0.3 is 0 Å². The maximum absolute atomic E-state index is 13.0. The molecule has 8 nitrogen and oxygen atoms in total. The molecule has 0 saturated heterocycles. The number of nitro benzene ring substituents is 1. The van der Waals surface area contributed by atoms with E-state index in [0.29, 0.717) is 16.6 Å². The molecule has 0 aliphatic heterocycles. The molecule has 0 radical (unpaired) electrons. The Morgan fingerprint density at radius 2 is 1.88 bits per heavy atom. The van der Waals surface area contributed by atoms with E-state index in [2.05, 4.69) is 10.3 Å². The predicted molar refractivity (Wildman–Crippen MR) is 87.3 cm³/mol. The van der Waals surface area contributed by atoms with Gasteiger partial charge in [-0.05, 0) is 23.6 Å². The molecule has 0 aliphatic rings. The molecular formula is C15H14N4O4S. The molecule has 0 aliphatic carbocycles. The van der Waals surface area contributed by atoms with Crippen LogP contribution in [0.25, 0.3) is 11.0 Å². The molecule has 2 aromatic carbocycles. The molecule has 1 aromatic heterocycles. The first-order chi connectivity index (χ1) is 11.3. The van der Waals surface area contributed by atoms with Crippen molar-refractivity contribution in [3.8, 4) is 0 Å². The molecule has 0 atom stereocenters. The van der Waals surface area contributed by atoms with Gasteiger partial charge in [-0.1, -0.05) is 37.3 Å². The molecular weight excluding hydrogens is 332 g/mol. The van der Waals surface area contributed by atoms with Crippen molar-refractivity contribution in [3.63, 3.8) is 0 Å². The zero-order valence-electron chi connectivity index (χ0n) is 12.9. The fourth-order valence-electron chi connectivity index (χ4n) is 2.46. The molecule has 9 heteroatoms. The molecule has 124 valence electrons. The highest BCUT2D eigenvalue weighted by molar-refractivity contribution is 7.90. The third-order valence-corrected chi connectivity index (χ3v) is 5.29. The van der Waals surface area contributed by atoms with Gasteiger partial charge in [-0.25, -0.2) is 0 Å². The summed E-state index contributed by atoms with van der Waals surface area (Å²) in [5, 5.41) is 18.6. The van der Waals surface area contributed by atoms with Crippen molar-refractivity contribution in [2.24, 2.45) is 0 Å². The zero-order valence-corrected chi connectivity index (χ0v) is 13.8. The Hall–Kier alpha value is -2.81. The van der Waals surface area contributed by atoms with Gasteiger partial charge in [0.05, 0.1) is 9.82 Å². The van der Waals surface area contributed by atoms with Gasteiger partial charge in [0.25, 0.3) is 15.7 Å². The van der Waals surface area contributed by atoms with E-state index in [9.17, 15) is 18.5 Å². The van der Waals surface area contributed by atoms with Crippen LogP contribution in [-0.2, 0) is 10.0 Å². The Morgan fingerprint density at radius 3 is 2.54 bits per heavy atom. The van der Waals surface area contributed by atoms with E-state index in [-0.39, 0.29) is 16.5 Å². The summed E-state index contributed by atoms with van der Waals surface area (Å²) in [5.74, 6) is -0.134. The van der Waals surface area contributed by atoms with Crippen molar-refractivity contribution in [2.45, 2.75) is 24.7 Å². The molecule has 0 N–H and O–H groups in total. The van der Waals surface area contributed by atoms with Crippen molar-refractivity contribution in [1.29, 1.82) is 0 Å². The van der Waals surface area contributed by atoms with E-state index in [4.69, 9.17) is 0 Å². The first-order valence-corrected chi connectivity index (χ1v) is 8.60. The second-order valence-electron chi connectivity index (χ2n) is 5.56. The smallest absolute Gasteiger partial charge is 0.258 e. The predicted octanol–water partition coefficient (Wildman–Crippen LogP) is 2.70. The minimum atomic E-state index is -4.12. The monoisotopic (exact) mass is 346 g/mol. The topological polar surface area (TPSA) is 108 Å². The Kier molecular flexibility index (Phi) is 3.80. The third-order valence-electron chi connectivity index (χ3n) is 3.66. The molecule has 1 heterocycles. The van der Waals surface area contributed by atoms with Crippen LogP contribution < -0.4 is 0 Å². The first kappa shape index (κ1) is 16.1. The molecule has 3 rings (SSSR count). The van der Waals surface area contributed by atoms with E-state index in [1.54, 1.807) is 24.3 Å². The minimum absolute atomic E-state index is 0.134. The van der Waals surface area contributed by atoms with E-state index >= 15 is 0 Å². The lowest BCUT2D eigenvalue weighted by atomic mass is 10.0. The molecule has 0 spiro atoms. The van der Waals surface area contributed by atoms with Crippen molar-refractivity contribution in [2.75, 3.05) is 0 Å². The number of nitro groups is 1. The molecule has 0 saturated carbocycles. The van der Waals surface area contributed by atoms with Crippen molar-refractivity contribution in [3.05, 3.63) is 58.1 Å². The summed E-state index contributed by atoms with van der Waals surface area (Å²) in [7, 11) is -4.12. The standard InChI is InChI=1S/C15H14N4O4S/c1-10(2)12-8-7-11(19(20)21)9-15(12)24(22,23)18-14-6-4-3-5-13(14)16-17-18/h3-10H,1-2H3. The second-order valence-corrected chi connectivity index (χ2v) is 7.30. The van der Waals surface area contributed by atoms with Crippen LogP contribution in [0, 0.1) is 10.1 Å². The molecule has 0 unspecified atom stereocenters. The minimum Gasteiger partial charge on any atom is -0.258 e. The van der Waals surface area contributed by atoms with Crippen LogP contribution in [0.2, 0.25) is 0 Å². The maximum Gasteiger partial charge on any atom is 0.285 e. The van der Waals surface area contributed by atoms with Crippen LogP contribution in [-0.4, -0.2) is 27.7 Å². The van der Waals surface area contributed by atoms with Gasteiger partial charge in [0.15, 0.2) is 0 Å². The summed E-state index contributed by atoms with van der Waals surface area (Å²) in [6.45, 7) is 3.64. The van der Waals surface area contributed by atoms with Gasteiger partial charge in [-0.15, -0.1) is 9.19 Å². The molecule has 3 aromatic rings. The summed E-state index contributed by atoms with van der Waals surface area (Å²) < 4.78 is 26.9. The Labute approximate surface area is 137 Å². The van der Waals surface area contributed by atoms with Crippen molar-refractivity contribution >= 4 is 26.7 Å². The summed E-state index contributed by atoms with van der Waals surface area (Å²) >= 11 is 0. The van der Waals surface area contributed by atoms with E-state index in [0.717, 1.165) is 10.2 Å². The van der Waals surface area contributed by atoms with Crippen LogP contribution in [0.5, 0.6) is 0 Å². The van der Waals surface area contributed by atoms with Crippen molar-refractivity contribution < 1.29 is 13.3 Å². The lowest BCUT2D eigenvalue weighted by molar-refractivity contribution is -0.385. The number of hydrogen-bond donors (Lipinski definition) is 0. The average Bonchev–Trinajstić information content (AvgIpc) is 2.98. The van der Waals surface area contributed by atoms with E-state index in [1.807, 2.05) is 13.8 Å². The van der Waals surface area contributed by atoms with E-state index in [1.165, 1.54) is 12.1 Å². The number of fused-ring (bicyclic) bond motifs is 1. The SMILES string of the molecule is CC(C)c1ccc([N+](=O)[O-])cc1S(=O)(=O)n1nnc2ccccc21. The summed E-state index contributed by atoms with van der Waals surface area (Å²) in [6, 6.07) is 10.5. The normalized spacial score (nSPS) is 12.0. The lowest BCUT2D eigenvalue weighted by Gasteiger charge is -2.13. The lowest BCUT2D eigenvalue weighted by Crippen LogP contribution is -2.17. The van der Waals surface area contributed by atoms with Crippen LogP contribution in [0.15, 0.2) is 47.4 Å². The molecule has 0 amide bonds. The zero-order chi connectivity index (χ0) is 17.5. The van der Waals surface area contributed by atoms with Crippen LogP contribution >= 0.6 is 0 Å². The van der Waals surface area contributed by atoms with Gasteiger partial charge < -0.3 is 0 Å². The van der Waals surface area contributed by atoms with Crippen LogP contribution in [0.4, 0.5) is 5.69 Å². The average molecular weight is 346 g/mol. The molecule has 0 fully saturated rings. The molecule has 24 heavy (non-hydrogen) atoms. The van der Waals surface area contributed by atoms with Gasteiger partial charge in [-0.3, -0.25) is 10.1 Å². The van der Waals surface area contributed by atoms with Crippen LogP contribution in [0.3, 0.4) is 0 Å². The Bertz CT molecular complexity index is 1040. The van der Waals surface area contributed by atoms with Gasteiger partial charge in [0.2, 0.25) is 0 Å². The number of rotatable bonds is 4. The number of benzene rings is 2. The third kappa shape index (κ3) is 2.52. The van der Waals surface area contributed by atoms with Gasteiger partial charge in [0.1, 0.15) is 11.0 Å². The highest BCUT2D eigenvalue weighted by Crippen LogP contribution is 2.30. The first-order valence-electron chi connectivity index (χ1n) is 7.16. The number of non-ortho nitro benzene ring substituents is 1. The van der Waals surface area contributed by atoms with E-state index < -0.39 is 14.9 Å². The maximum atomic E-state index is 13.0. The Morgan fingerprint density at radius 1 is 1.17 bits per heavy atom. The van der Waals surface area contributed by atoms with Gasteiger partial charge in [0, 0.05) is 12.1 Å². The summed E-state index contributed by atoms with van der Waals surface area (Å²) in [6.07, 6.45) is 0. The number of aromatic nitrogens is 3. The summed E-state index contributed by atoms with van der Waals surface area (Å²) in [4.78, 5) is 10.3.